The third-order valence-electron chi connectivity index (χ3n) is 5.73. The zero-order valence-electron chi connectivity index (χ0n) is 14.3. The first-order chi connectivity index (χ1) is 11.8. The van der Waals surface area contributed by atoms with Gasteiger partial charge in [0.1, 0.15) is 0 Å². The SMILES string of the molecule is O=C(CCCc1c[nH]c2ccccc12)N[C@H]1CCN2CCCC[C@@H]12. The number of nitrogens with one attached hydrogen (secondary N) is 2. The number of amides is 1. The van der Waals surface area contributed by atoms with Crippen molar-refractivity contribution in [3.8, 4) is 0 Å². The lowest BCUT2D eigenvalue weighted by atomic mass is 9.99. The molecule has 0 unspecified atom stereocenters. The predicted molar refractivity (Wildman–Crippen MR) is 97.0 cm³/mol. The van der Waals surface area contributed by atoms with E-state index in [1.54, 1.807) is 0 Å². The van der Waals surface area contributed by atoms with Crippen molar-refractivity contribution in [2.45, 2.75) is 57.0 Å². The Labute approximate surface area is 143 Å². The minimum atomic E-state index is 0.229. The van der Waals surface area contributed by atoms with Crippen molar-refractivity contribution in [3.63, 3.8) is 0 Å². The Morgan fingerprint density at radius 2 is 2.12 bits per heavy atom. The van der Waals surface area contributed by atoms with Crippen molar-refractivity contribution in [1.29, 1.82) is 0 Å². The van der Waals surface area contributed by atoms with Gasteiger partial charge in [-0.1, -0.05) is 24.6 Å². The van der Waals surface area contributed by atoms with E-state index < -0.39 is 0 Å². The molecule has 2 aliphatic heterocycles. The summed E-state index contributed by atoms with van der Waals surface area (Å²) in [5, 5.41) is 4.59. The second-order valence-electron chi connectivity index (χ2n) is 7.27. The topological polar surface area (TPSA) is 48.1 Å². The minimum absolute atomic E-state index is 0.229. The molecule has 2 N–H and O–H groups in total. The fourth-order valence-corrected chi connectivity index (χ4v) is 4.47. The number of benzene rings is 1. The van der Waals surface area contributed by atoms with Gasteiger partial charge in [-0.15, -0.1) is 0 Å². The number of H-pyrrole nitrogens is 1. The second-order valence-corrected chi connectivity index (χ2v) is 7.27. The molecule has 0 saturated carbocycles. The van der Waals surface area contributed by atoms with Crippen molar-refractivity contribution in [3.05, 3.63) is 36.0 Å². The number of fused-ring (bicyclic) bond motifs is 2. The maximum absolute atomic E-state index is 12.3. The number of carbonyl (C=O) groups is 1. The summed E-state index contributed by atoms with van der Waals surface area (Å²) in [6.45, 7) is 2.38. The molecule has 2 saturated heterocycles. The van der Waals surface area contributed by atoms with Gasteiger partial charge in [-0.05, 0) is 50.3 Å². The fraction of sp³-hybridized carbons (Fsp3) is 0.550. The van der Waals surface area contributed by atoms with Gasteiger partial charge in [-0.3, -0.25) is 9.69 Å². The zero-order chi connectivity index (χ0) is 16.4. The highest BCUT2D eigenvalue weighted by atomic mass is 16.1. The third kappa shape index (κ3) is 3.20. The number of rotatable bonds is 5. The van der Waals surface area contributed by atoms with Gasteiger partial charge in [-0.2, -0.15) is 0 Å². The van der Waals surface area contributed by atoms with E-state index in [4.69, 9.17) is 0 Å². The number of para-hydroxylation sites is 1. The Morgan fingerprint density at radius 1 is 1.21 bits per heavy atom. The zero-order valence-corrected chi connectivity index (χ0v) is 14.3. The van der Waals surface area contributed by atoms with Gasteiger partial charge < -0.3 is 10.3 Å². The lowest BCUT2D eigenvalue weighted by molar-refractivity contribution is -0.122. The van der Waals surface area contributed by atoms with Crippen LogP contribution in [-0.4, -0.2) is 41.0 Å². The minimum Gasteiger partial charge on any atom is -0.361 e. The lowest BCUT2D eigenvalue weighted by Gasteiger charge is -2.32. The Kier molecular flexibility index (Phi) is 4.56. The second kappa shape index (κ2) is 6.98. The summed E-state index contributed by atoms with van der Waals surface area (Å²) in [5.41, 5.74) is 2.50. The summed E-state index contributed by atoms with van der Waals surface area (Å²) in [6.07, 6.45) is 9.59. The lowest BCUT2D eigenvalue weighted by Crippen LogP contribution is -2.46. The van der Waals surface area contributed by atoms with Crippen LogP contribution >= 0.6 is 0 Å². The van der Waals surface area contributed by atoms with E-state index in [0.29, 0.717) is 18.5 Å². The molecule has 1 aromatic carbocycles. The largest absolute Gasteiger partial charge is 0.361 e. The van der Waals surface area contributed by atoms with Crippen molar-refractivity contribution in [2.24, 2.45) is 0 Å². The maximum Gasteiger partial charge on any atom is 0.220 e. The van der Waals surface area contributed by atoms with Gasteiger partial charge in [-0.25, -0.2) is 0 Å². The number of hydrogen-bond acceptors (Lipinski definition) is 2. The molecule has 2 aromatic rings. The molecule has 0 aliphatic carbocycles. The van der Waals surface area contributed by atoms with Crippen LogP contribution in [0.2, 0.25) is 0 Å². The van der Waals surface area contributed by atoms with E-state index in [1.165, 1.54) is 42.3 Å². The van der Waals surface area contributed by atoms with Crippen LogP contribution in [0.1, 0.15) is 44.1 Å². The molecule has 0 spiro atoms. The smallest absolute Gasteiger partial charge is 0.220 e. The number of carbonyl (C=O) groups excluding carboxylic acids is 1. The first-order valence-corrected chi connectivity index (χ1v) is 9.40. The molecule has 1 aromatic heterocycles. The summed E-state index contributed by atoms with van der Waals surface area (Å²) in [4.78, 5) is 18.2. The molecular weight excluding hydrogens is 298 g/mol. The summed E-state index contributed by atoms with van der Waals surface area (Å²) < 4.78 is 0. The number of hydrogen-bond donors (Lipinski definition) is 2. The van der Waals surface area contributed by atoms with Crippen LogP contribution in [0.4, 0.5) is 0 Å². The number of aryl methyl sites for hydroxylation is 1. The molecular formula is C20H27N3O. The van der Waals surface area contributed by atoms with Crippen LogP contribution in [0.25, 0.3) is 10.9 Å². The van der Waals surface area contributed by atoms with Gasteiger partial charge in [0.25, 0.3) is 0 Å². The number of aromatic amines is 1. The monoisotopic (exact) mass is 325 g/mol. The van der Waals surface area contributed by atoms with E-state index in [2.05, 4.69) is 39.6 Å². The van der Waals surface area contributed by atoms with Crippen molar-refractivity contribution < 1.29 is 4.79 Å². The van der Waals surface area contributed by atoms with Crippen LogP contribution in [-0.2, 0) is 11.2 Å². The quantitative estimate of drug-likeness (QED) is 0.886. The average Bonchev–Trinajstić information content (AvgIpc) is 3.20. The van der Waals surface area contributed by atoms with Crippen LogP contribution < -0.4 is 5.32 Å². The first kappa shape index (κ1) is 15.7. The highest BCUT2D eigenvalue weighted by Gasteiger charge is 2.35. The Hall–Kier alpha value is -1.81. The third-order valence-corrected chi connectivity index (χ3v) is 5.73. The number of aromatic nitrogens is 1. The molecule has 2 atom stereocenters. The van der Waals surface area contributed by atoms with Gasteiger partial charge in [0, 0.05) is 42.1 Å². The fourth-order valence-electron chi connectivity index (χ4n) is 4.47. The van der Waals surface area contributed by atoms with E-state index in [-0.39, 0.29) is 5.91 Å². The van der Waals surface area contributed by atoms with Crippen LogP contribution in [0.5, 0.6) is 0 Å². The molecule has 24 heavy (non-hydrogen) atoms. The van der Waals surface area contributed by atoms with Gasteiger partial charge >= 0.3 is 0 Å². The number of nitrogens with zero attached hydrogens (tertiary/aromatic N) is 1. The molecule has 4 heteroatoms. The molecule has 2 fully saturated rings. The molecule has 4 rings (SSSR count). The summed E-state index contributed by atoms with van der Waals surface area (Å²) in [5.74, 6) is 0.229. The maximum atomic E-state index is 12.3. The van der Waals surface area contributed by atoms with E-state index in [0.717, 1.165) is 25.8 Å². The van der Waals surface area contributed by atoms with Gasteiger partial charge in [0.15, 0.2) is 0 Å². The van der Waals surface area contributed by atoms with E-state index in [9.17, 15) is 4.79 Å². The Morgan fingerprint density at radius 3 is 3.08 bits per heavy atom. The van der Waals surface area contributed by atoms with Crippen LogP contribution in [0.3, 0.4) is 0 Å². The van der Waals surface area contributed by atoms with Gasteiger partial charge in [0.05, 0.1) is 0 Å². The summed E-state index contributed by atoms with van der Waals surface area (Å²) in [7, 11) is 0. The predicted octanol–water partition coefficient (Wildman–Crippen LogP) is 3.23. The van der Waals surface area contributed by atoms with E-state index >= 15 is 0 Å². The molecule has 4 nitrogen and oxygen atoms in total. The van der Waals surface area contributed by atoms with Crippen molar-refractivity contribution in [2.75, 3.05) is 13.1 Å². The molecule has 128 valence electrons. The normalized spacial score (nSPS) is 24.2. The molecule has 1 amide bonds. The summed E-state index contributed by atoms with van der Waals surface area (Å²) >= 11 is 0. The highest BCUT2D eigenvalue weighted by Crippen LogP contribution is 2.27. The Balaban J connectivity index is 1.26. The Bertz CT molecular complexity index is 708. The summed E-state index contributed by atoms with van der Waals surface area (Å²) in [6, 6.07) is 9.34. The van der Waals surface area contributed by atoms with Crippen molar-refractivity contribution >= 4 is 16.8 Å². The molecule has 2 aliphatic rings. The van der Waals surface area contributed by atoms with Gasteiger partial charge in [0.2, 0.25) is 5.91 Å². The number of piperidine rings is 1. The molecule has 0 radical (unpaired) electrons. The van der Waals surface area contributed by atoms with Crippen molar-refractivity contribution in [1.82, 2.24) is 15.2 Å². The molecule has 0 bridgehead atoms. The van der Waals surface area contributed by atoms with E-state index in [1.807, 2.05) is 6.07 Å². The van der Waals surface area contributed by atoms with Crippen LogP contribution in [0, 0.1) is 0 Å². The molecule has 3 heterocycles. The van der Waals surface area contributed by atoms with Crippen LogP contribution in [0.15, 0.2) is 30.5 Å². The first-order valence-electron chi connectivity index (χ1n) is 9.40. The highest BCUT2D eigenvalue weighted by molar-refractivity contribution is 5.83. The average molecular weight is 325 g/mol. The standard InChI is InChI=1S/C20H27N3O/c24-20(22-18-11-13-23-12-4-3-9-19(18)23)10-5-6-15-14-21-17-8-2-1-7-16(15)17/h1-2,7-8,14,18-19,21H,3-6,9-13H2,(H,22,24)/t18-,19-/m0/s1.